The summed E-state index contributed by atoms with van der Waals surface area (Å²) in [6.07, 6.45) is 6.74. The van der Waals surface area contributed by atoms with Crippen molar-refractivity contribution in [3.63, 3.8) is 0 Å². The van der Waals surface area contributed by atoms with E-state index >= 15 is 0 Å². The highest BCUT2D eigenvalue weighted by Gasteiger charge is 2.14. The molecule has 2 heterocycles. The highest BCUT2D eigenvalue weighted by molar-refractivity contribution is 6.30. The van der Waals surface area contributed by atoms with Crippen LogP contribution in [0.5, 0.6) is 0 Å². The Bertz CT molecular complexity index is 636. The number of nitrogens with zero attached hydrogens (tertiary/aromatic N) is 3. The molecule has 0 bridgehead atoms. The molecule has 6 heteroatoms. The van der Waals surface area contributed by atoms with Crippen molar-refractivity contribution in [2.75, 3.05) is 23.3 Å². The van der Waals surface area contributed by atoms with Gasteiger partial charge in [0, 0.05) is 36.2 Å². The van der Waals surface area contributed by atoms with Gasteiger partial charge in [0.05, 0.1) is 5.56 Å². The molecule has 1 aromatic carbocycles. The second-order valence-electron chi connectivity index (χ2n) is 5.28. The van der Waals surface area contributed by atoms with Crippen molar-refractivity contribution < 1.29 is 4.79 Å². The molecule has 22 heavy (non-hydrogen) atoms. The van der Waals surface area contributed by atoms with E-state index in [1.165, 1.54) is 19.3 Å². The van der Waals surface area contributed by atoms with E-state index in [0.29, 0.717) is 22.2 Å². The smallest absolute Gasteiger partial charge is 0.258 e. The Morgan fingerprint density at radius 1 is 1.05 bits per heavy atom. The van der Waals surface area contributed by atoms with E-state index in [1.54, 1.807) is 36.7 Å². The predicted molar refractivity (Wildman–Crippen MR) is 87.5 cm³/mol. The van der Waals surface area contributed by atoms with Crippen molar-refractivity contribution in [2.45, 2.75) is 19.3 Å². The Hall–Kier alpha value is -2.14. The first-order valence-electron chi connectivity index (χ1n) is 7.36. The van der Waals surface area contributed by atoms with Gasteiger partial charge in [0.25, 0.3) is 5.91 Å². The predicted octanol–water partition coefficient (Wildman–Crippen LogP) is 3.37. The van der Waals surface area contributed by atoms with E-state index in [2.05, 4.69) is 20.2 Å². The van der Waals surface area contributed by atoms with Gasteiger partial charge >= 0.3 is 0 Å². The van der Waals surface area contributed by atoms with Crippen LogP contribution in [0, 0.1) is 0 Å². The Labute approximate surface area is 134 Å². The molecule has 5 nitrogen and oxygen atoms in total. The summed E-state index contributed by atoms with van der Waals surface area (Å²) in [6.45, 7) is 1.96. The maximum absolute atomic E-state index is 12.1. The average Bonchev–Trinajstić information content (AvgIpc) is 2.58. The van der Waals surface area contributed by atoms with E-state index in [0.717, 1.165) is 13.1 Å². The highest BCUT2D eigenvalue weighted by Crippen LogP contribution is 2.16. The third-order valence-corrected chi connectivity index (χ3v) is 3.89. The Morgan fingerprint density at radius 3 is 2.32 bits per heavy atom. The van der Waals surface area contributed by atoms with Gasteiger partial charge < -0.3 is 10.2 Å². The SMILES string of the molecule is O=C(Nc1ccc(Cl)cc1)c1cnc(N2CCCCC2)nc1. The summed E-state index contributed by atoms with van der Waals surface area (Å²) in [5.41, 5.74) is 1.13. The molecule has 0 radical (unpaired) electrons. The molecule has 114 valence electrons. The lowest BCUT2D eigenvalue weighted by Gasteiger charge is -2.26. The lowest BCUT2D eigenvalue weighted by Crippen LogP contribution is -2.31. The molecule has 3 rings (SSSR count). The summed E-state index contributed by atoms with van der Waals surface area (Å²) in [6, 6.07) is 6.96. The molecule has 1 aliphatic rings. The molecule has 1 fully saturated rings. The van der Waals surface area contributed by atoms with Gasteiger partial charge in [-0.2, -0.15) is 0 Å². The number of aromatic nitrogens is 2. The Kier molecular flexibility index (Phi) is 4.53. The fourth-order valence-corrected chi connectivity index (χ4v) is 2.56. The first kappa shape index (κ1) is 14.8. The number of anilines is 2. The quantitative estimate of drug-likeness (QED) is 0.943. The van der Waals surface area contributed by atoms with Crippen molar-refractivity contribution in [2.24, 2.45) is 0 Å². The van der Waals surface area contributed by atoms with Crippen LogP contribution in [0.25, 0.3) is 0 Å². The number of piperidine rings is 1. The molecule has 0 saturated carbocycles. The fourth-order valence-electron chi connectivity index (χ4n) is 2.43. The normalized spacial score (nSPS) is 14.7. The van der Waals surface area contributed by atoms with E-state index in [9.17, 15) is 4.79 Å². The van der Waals surface area contributed by atoms with Crippen LogP contribution >= 0.6 is 11.6 Å². The van der Waals surface area contributed by atoms with Crippen LogP contribution in [0.3, 0.4) is 0 Å². The molecule has 2 aromatic rings. The standard InChI is InChI=1S/C16H17ClN4O/c17-13-4-6-14(7-5-13)20-15(22)12-10-18-16(19-11-12)21-8-2-1-3-9-21/h4-7,10-11H,1-3,8-9H2,(H,20,22). The third-order valence-electron chi connectivity index (χ3n) is 3.64. The third kappa shape index (κ3) is 3.54. The van der Waals surface area contributed by atoms with Crippen molar-refractivity contribution in [1.82, 2.24) is 9.97 Å². The maximum atomic E-state index is 12.1. The van der Waals surface area contributed by atoms with E-state index in [4.69, 9.17) is 11.6 Å². The second-order valence-corrected chi connectivity index (χ2v) is 5.72. The zero-order chi connectivity index (χ0) is 15.4. The molecule has 1 aliphatic heterocycles. The van der Waals surface area contributed by atoms with Gasteiger partial charge in [-0.05, 0) is 43.5 Å². The van der Waals surface area contributed by atoms with Gasteiger partial charge in [-0.25, -0.2) is 9.97 Å². The summed E-state index contributed by atoms with van der Waals surface area (Å²) < 4.78 is 0. The molecular weight excluding hydrogens is 300 g/mol. The van der Waals surface area contributed by atoms with Crippen LogP contribution in [-0.4, -0.2) is 29.0 Å². The van der Waals surface area contributed by atoms with Gasteiger partial charge in [-0.3, -0.25) is 4.79 Å². The van der Waals surface area contributed by atoms with Crippen molar-refractivity contribution in [1.29, 1.82) is 0 Å². The molecule has 0 spiro atoms. The molecule has 0 aliphatic carbocycles. The molecule has 1 saturated heterocycles. The van der Waals surface area contributed by atoms with Crippen LogP contribution in [0.2, 0.25) is 5.02 Å². The molecule has 1 aromatic heterocycles. The minimum atomic E-state index is -0.229. The van der Waals surface area contributed by atoms with Crippen molar-refractivity contribution >= 4 is 29.1 Å². The lowest BCUT2D eigenvalue weighted by molar-refractivity contribution is 0.102. The number of benzene rings is 1. The number of rotatable bonds is 3. The van der Waals surface area contributed by atoms with E-state index in [-0.39, 0.29) is 5.91 Å². The topological polar surface area (TPSA) is 58.1 Å². The highest BCUT2D eigenvalue weighted by atomic mass is 35.5. The summed E-state index contributed by atoms with van der Waals surface area (Å²) in [4.78, 5) is 22.9. The fraction of sp³-hybridized carbons (Fsp3) is 0.312. The minimum Gasteiger partial charge on any atom is -0.341 e. The Balaban J connectivity index is 1.66. The average molecular weight is 317 g/mol. The van der Waals surface area contributed by atoms with Crippen LogP contribution in [0.1, 0.15) is 29.6 Å². The number of halogens is 1. The maximum Gasteiger partial charge on any atom is 0.258 e. The number of carbonyl (C=O) groups excluding carboxylic acids is 1. The molecule has 0 unspecified atom stereocenters. The van der Waals surface area contributed by atoms with Gasteiger partial charge in [-0.1, -0.05) is 11.6 Å². The summed E-state index contributed by atoms with van der Waals surface area (Å²) >= 11 is 5.82. The first-order valence-corrected chi connectivity index (χ1v) is 7.74. The zero-order valence-electron chi connectivity index (χ0n) is 12.1. The molecular formula is C16H17ClN4O. The monoisotopic (exact) mass is 316 g/mol. The zero-order valence-corrected chi connectivity index (χ0v) is 12.9. The van der Waals surface area contributed by atoms with E-state index in [1.807, 2.05) is 0 Å². The largest absolute Gasteiger partial charge is 0.341 e. The minimum absolute atomic E-state index is 0.229. The van der Waals surface area contributed by atoms with Gasteiger partial charge in [0.15, 0.2) is 0 Å². The number of nitrogens with one attached hydrogen (secondary N) is 1. The van der Waals surface area contributed by atoms with Crippen LogP contribution in [0.15, 0.2) is 36.7 Å². The van der Waals surface area contributed by atoms with Crippen LogP contribution < -0.4 is 10.2 Å². The first-order chi connectivity index (χ1) is 10.7. The van der Waals surface area contributed by atoms with Gasteiger partial charge in [0.1, 0.15) is 0 Å². The van der Waals surface area contributed by atoms with Crippen molar-refractivity contribution in [3.05, 3.63) is 47.2 Å². The van der Waals surface area contributed by atoms with Gasteiger partial charge in [0.2, 0.25) is 5.95 Å². The molecule has 1 N–H and O–H groups in total. The number of carbonyl (C=O) groups is 1. The molecule has 0 atom stereocenters. The lowest BCUT2D eigenvalue weighted by atomic mass is 10.1. The summed E-state index contributed by atoms with van der Waals surface area (Å²) in [5, 5.41) is 3.42. The Morgan fingerprint density at radius 2 is 1.68 bits per heavy atom. The van der Waals surface area contributed by atoms with Crippen molar-refractivity contribution in [3.8, 4) is 0 Å². The molecule has 1 amide bonds. The number of hydrogen-bond acceptors (Lipinski definition) is 4. The second kappa shape index (κ2) is 6.75. The van der Waals surface area contributed by atoms with Crippen LogP contribution in [-0.2, 0) is 0 Å². The van der Waals surface area contributed by atoms with Crippen LogP contribution in [0.4, 0.5) is 11.6 Å². The van der Waals surface area contributed by atoms with E-state index < -0.39 is 0 Å². The number of amides is 1. The summed E-state index contributed by atoms with van der Waals surface area (Å²) in [7, 11) is 0. The van der Waals surface area contributed by atoms with Gasteiger partial charge in [-0.15, -0.1) is 0 Å². The summed E-state index contributed by atoms with van der Waals surface area (Å²) in [5.74, 6) is 0.468. The number of hydrogen-bond donors (Lipinski definition) is 1.